The lowest BCUT2D eigenvalue weighted by Crippen LogP contribution is -2.46. The number of nitriles is 1. The number of pyridine rings is 1. The van der Waals surface area contributed by atoms with Gasteiger partial charge >= 0.3 is 0 Å². The van der Waals surface area contributed by atoms with Crippen LogP contribution in [0.3, 0.4) is 0 Å². The van der Waals surface area contributed by atoms with Crippen LogP contribution in [0.1, 0.15) is 45.1 Å². The second-order valence-electron chi connectivity index (χ2n) is 9.01. The molecule has 7 heteroatoms. The molecule has 3 aromatic rings. The number of hydrogen-bond acceptors (Lipinski definition) is 5. The van der Waals surface area contributed by atoms with Crippen molar-refractivity contribution in [2.45, 2.75) is 51.6 Å². The highest BCUT2D eigenvalue weighted by molar-refractivity contribution is 5.95. The maximum atomic E-state index is 13.2. The summed E-state index contributed by atoms with van der Waals surface area (Å²) >= 11 is 0. The molecule has 1 fully saturated rings. The maximum Gasteiger partial charge on any atom is 0.229 e. The minimum atomic E-state index is -0.0679. The fourth-order valence-electron chi connectivity index (χ4n) is 4.41. The molecule has 1 aliphatic carbocycles. The smallest absolute Gasteiger partial charge is 0.229 e. The summed E-state index contributed by atoms with van der Waals surface area (Å²) in [5.74, 6) is 0.884. The Bertz CT molecular complexity index is 1120. The van der Waals surface area contributed by atoms with Gasteiger partial charge in [0.15, 0.2) is 0 Å². The molecule has 0 unspecified atom stereocenters. The number of anilines is 2. The number of nitrogens with zero attached hydrogens (tertiary/aromatic N) is 5. The second-order valence-corrected chi connectivity index (χ2v) is 9.01. The van der Waals surface area contributed by atoms with E-state index in [1.807, 2.05) is 56.4 Å². The molecule has 0 bridgehead atoms. The molecule has 170 valence electrons. The molecule has 0 saturated heterocycles. The Kier molecular flexibility index (Phi) is 6.74. The molecule has 0 atom stereocenters. The SMILES string of the molecule is CC(C)C(=O)N(c1ccc(-c2cnn(C)c2)cc1)C1CCC(Nc2ccc(C#N)cn2)CC1. The molecule has 0 radical (unpaired) electrons. The van der Waals surface area contributed by atoms with Crippen LogP contribution in [0.5, 0.6) is 0 Å². The average molecular weight is 443 g/mol. The monoisotopic (exact) mass is 442 g/mol. The first-order valence-corrected chi connectivity index (χ1v) is 11.5. The molecule has 2 aromatic heterocycles. The van der Waals surface area contributed by atoms with Crippen LogP contribution in [0.2, 0.25) is 0 Å². The van der Waals surface area contributed by atoms with Crippen LogP contribution in [-0.2, 0) is 11.8 Å². The number of carbonyl (C=O) groups excluding carboxylic acids is 1. The minimum absolute atomic E-state index is 0.0679. The van der Waals surface area contributed by atoms with Crippen molar-refractivity contribution in [3.63, 3.8) is 0 Å². The number of amides is 1. The number of nitrogens with one attached hydrogen (secondary N) is 1. The first-order valence-electron chi connectivity index (χ1n) is 11.5. The highest BCUT2D eigenvalue weighted by atomic mass is 16.2. The van der Waals surface area contributed by atoms with Gasteiger partial charge in [-0.05, 0) is 55.5 Å². The van der Waals surface area contributed by atoms with Crippen molar-refractivity contribution < 1.29 is 4.79 Å². The molecule has 0 aliphatic heterocycles. The summed E-state index contributed by atoms with van der Waals surface area (Å²) in [5, 5.41) is 16.7. The fourth-order valence-corrected chi connectivity index (χ4v) is 4.41. The van der Waals surface area contributed by atoms with Crippen molar-refractivity contribution in [3.05, 3.63) is 60.6 Å². The topological polar surface area (TPSA) is 86.8 Å². The number of rotatable bonds is 6. The van der Waals surface area contributed by atoms with E-state index in [4.69, 9.17) is 5.26 Å². The van der Waals surface area contributed by atoms with Gasteiger partial charge in [-0.3, -0.25) is 9.48 Å². The van der Waals surface area contributed by atoms with Crippen LogP contribution in [0, 0.1) is 17.2 Å². The van der Waals surface area contributed by atoms with E-state index in [0.29, 0.717) is 11.6 Å². The second kappa shape index (κ2) is 9.86. The lowest BCUT2D eigenvalue weighted by molar-refractivity contribution is -0.122. The first kappa shape index (κ1) is 22.5. The first-order chi connectivity index (χ1) is 15.9. The standard InChI is InChI=1S/C26H30N6O/c1-18(2)26(33)32(23-9-5-20(6-10-23)21-16-29-31(3)17-21)24-11-7-22(8-12-24)30-25-13-4-19(14-27)15-28-25/h4-6,9-10,13,15-18,22,24H,7-8,11-12H2,1-3H3,(H,28,30). The normalized spacial score (nSPS) is 18.0. The molecule has 2 heterocycles. The van der Waals surface area contributed by atoms with E-state index in [1.54, 1.807) is 16.9 Å². The fraction of sp³-hybridized carbons (Fsp3) is 0.385. The highest BCUT2D eigenvalue weighted by Crippen LogP contribution is 2.31. The van der Waals surface area contributed by atoms with Gasteiger partial charge in [-0.1, -0.05) is 26.0 Å². The van der Waals surface area contributed by atoms with Crippen molar-refractivity contribution in [3.8, 4) is 17.2 Å². The molecule has 1 aromatic carbocycles. The molecule has 0 spiro atoms. The third-order valence-corrected chi connectivity index (χ3v) is 6.22. The number of hydrogen-bond donors (Lipinski definition) is 1. The number of benzene rings is 1. The number of aryl methyl sites for hydroxylation is 1. The summed E-state index contributed by atoms with van der Waals surface area (Å²) in [7, 11) is 1.91. The van der Waals surface area contributed by atoms with Gasteiger partial charge in [0.25, 0.3) is 0 Å². The van der Waals surface area contributed by atoms with Gasteiger partial charge in [-0.25, -0.2) is 4.98 Å². The number of carbonyl (C=O) groups is 1. The van der Waals surface area contributed by atoms with E-state index in [2.05, 4.69) is 33.6 Å². The molecule has 1 N–H and O–H groups in total. The Balaban J connectivity index is 1.45. The van der Waals surface area contributed by atoms with Gasteiger partial charge in [-0.15, -0.1) is 0 Å². The molecule has 33 heavy (non-hydrogen) atoms. The summed E-state index contributed by atoms with van der Waals surface area (Å²) in [6, 6.07) is 14.4. The van der Waals surface area contributed by atoms with E-state index < -0.39 is 0 Å². The van der Waals surface area contributed by atoms with Gasteiger partial charge in [-0.2, -0.15) is 10.4 Å². The maximum absolute atomic E-state index is 13.2. The van der Waals surface area contributed by atoms with Crippen LogP contribution < -0.4 is 10.2 Å². The third-order valence-electron chi connectivity index (χ3n) is 6.22. The summed E-state index contributed by atoms with van der Waals surface area (Å²) in [6.45, 7) is 3.92. The van der Waals surface area contributed by atoms with Gasteiger partial charge in [0.05, 0.1) is 11.8 Å². The van der Waals surface area contributed by atoms with Crippen LogP contribution in [0.15, 0.2) is 55.0 Å². The lowest BCUT2D eigenvalue weighted by atomic mass is 9.89. The van der Waals surface area contributed by atoms with Gasteiger partial charge in [0, 0.05) is 48.7 Å². The number of aromatic nitrogens is 3. The molecule has 7 nitrogen and oxygen atoms in total. The zero-order valence-corrected chi connectivity index (χ0v) is 19.4. The van der Waals surface area contributed by atoms with Crippen molar-refractivity contribution in [2.24, 2.45) is 13.0 Å². The quantitative estimate of drug-likeness (QED) is 0.594. The Morgan fingerprint density at radius 2 is 1.82 bits per heavy atom. The van der Waals surface area contributed by atoms with Crippen molar-refractivity contribution >= 4 is 17.4 Å². The van der Waals surface area contributed by atoms with E-state index in [0.717, 1.165) is 48.3 Å². The summed E-state index contributed by atoms with van der Waals surface area (Å²) < 4.78 is 1.79. The van der Waals surface area contributed by atoms with E-state index in [-0.39, 0.29) is 17.9 Å². The van der Waals surface area contributed by atoms with Crippen LogP contribution in [-0.4, -0.2) is 32.8 Å². The third kappa shape index (κ3) is 5.23. The van der Waals surface area contributed by atoms with Gasteiger partial charge in [0.1, 0.15) is 11.9 Å². The predicted molar refractivity (Wildman–Crippen MR) is 130 cm³/mol. The van der Waals surface area contributed by atoms with Gasteiger partial charge < -0.3 is 10.2 Å². The Morgan fingerprint density at radius 1 is 1.09 bits per heavy atom. The largest absolute Gasteiger partial charge is 0.367 e. The molecule has 1 amide bonds. The average Bonchev–Trinajstić information content (AvgIpc) is 3.27. The Morgan fingerprint density at radius 3 is 2.36 bits per heavy atom. The zero-order chi connectivity index (χ0) is 23.4. The Labute approximate surface area is 195 Å². The van der Waals surface area contributed by atoms with Crippen molar-refractivity contribution in [1.82, 2.24) is 14.8 Å². The molecular formula is C26H30N6O. The summed E-state index contributed by atoms with van der Waals surface area (Å²) in [4.78, 5) is 19.5. The predicted octanol–water partition coefficient (Wildman–Crippen LogP) is 4.77. The van der Waals surface area contributed by atoms with Crippen LogP contribution in [0.25, 0.3) is 11.1 Å². The van der Waals surface area contributed by atoms with E-state index in [1.165, 1.54) is 0 Å². The van der Waals surface area contributed by atoms with Crippen LogP contribution >= 0.6 is 0 Å². The van der Waals surface area contributed by atoms with Crippen molar-refractivity contribution in [2.75, 3.05) is 10.2 Å². The molecular weight excluding hydrogens is 412 g/mol. The van der Waals surface area contributed by atoms with E-state index in [9.17, 15) is 4.79 Å². The molecule has 1 aliphatic rings. The van der Waals surface area contributed by atoms with Gasteiger partial charge in [0.2, 0.25) is 5.91 Å². The molecule has 4 rings (SSSR count). The Hall–Kier alpha value is -3.66. The summed E-state index contributed by atoms with van der Waals surface area (Å²) in [6.07, 6.45) is 9.20. The highest BCUT2D eigenvalue weighted by Gasteiger charge is 2.31. The minimum Gasteiger partial charge on any atom is -0.367 e. The zero-order valence-electron chi connectivity index (χ0n) is 19.4. The molecule has 1 saturated carbocycles. The van der Waals surface area contributed by atoms with E-state index >= 15 is 0 Å². The van der Waals surface area contributed by atoms with Crippen LogP contribution in [0.4, 0.5) is 11.5 Å². The lowest BCUT2D eigenvalue weighted by Gasteiger charge is -2.38. The summed E-state index contributed by atoms with van der Waals surface area (Å²) in [5.41, 5.74) is 3.66. The van der Waals surface area contributed by atoms with Crippen molar-refractivity contribution in [1.29, 1.82) is 5.26 Å².